The molecule has 1 fully saturated rings. The maximum Gasteiger partial charge on any atom is 0.343 e. The molecule has 1 amide bonds. The quantitative estimate of drug-likeness (QED) is 0.695. The summed E-state index contributed by atoms with van der Waals surface area (Å²) in [6.07, 6.45) is -1.09. The lowest BCUT2D eigenvalue weighted by atomic mass is 9.92. The third-order valence-corrected chi connectivity index (χ3v) is 5.54. The lowest BCUT2D eigenvalue weighted by Gasteiger charge is -2.30. The fourth-order valence-corrected chi connectivity index (χ4v) is 3.62. The Balaban J connectivity index is 1.96. The third-order valence-electron chi connectivity index (χ3n) is 5.54. The highest BCUT2D eigenvalue weighted by molar-refractivity contribution is 5.95. The highest BCUT2D eigenvalue weighted by Crippen LogP contribution is 2.34. The molecule has 0 unspecified atom stereocenters. The summed E-state index contributed by atoms with van der Waals surface area (Å²) in [5, 5.41) is 10.8. The molecule has 1 atom stereocenters. The number of rotatable bonds is 6. The molecule has 2 aromatic rings. The number of aromatic hydroxyl groups is 1. The molecule has 0 radical (unpaired) electrons. The number of amides is 1. The van der Waals surface area contributed by atoms with Gasteiger partial charge in [-0.25, -0.2) is 4.79 Å². The maximum absolute atomic E-state index is 13.2. The van der Waals surface area contributed by atoms with Gasteiger partial charge in [-0.3, -0.25) is 4.79 Å². The Labute approximate surface area is 183 Å². The molecule has 1 aliphatic heterocycles. The first-order chi connectivity index (χ1) is 14.8. The van der Waals surface area contributed by atoms with Crippen molar-refractivity contribution in [3.63, 3.8) is 0 Å². The summed E-state index contributed by atoms with van der Waals surface area (Å²) in [5.74, 6) is -0.881. The minimum Gasteiger partial charge on any atom is -0.507 e. The van der Waals surface area contributed by atoms with Crippen molar-refractivity contribution in [3.8, 4) is 5.75 Å². The van der Waals surface area contributed by atoms with Crippen LogP contribution in [0.5, 0.6) is 5.75 Å². The Morgan fingerprint density at radius 3 is 2.19 bits per heavy atom. The SMILES string of the molecule is CC(C)c1cc(C(=O)O[C@@H](C(=O)N2CCOCC2)c2ccccc2)c(O)c(C(C)C)c1. The normalized spacial score (nSPS) is 15.2. The van der Waals surface area contributed by atoms with E-state index in [2.05, 4.69) is 0 Å². The summed E-state index contributed by atoms with van der Waals surface area (Å²) in [4.78, 5) is 28.1. The number of hydrogen-bond donors (Lipinski definition) is 1. The number of nitrogens with zero attached hydrogens (tertiary/aromatic N) is 1. The van der Waals surface area contributed by atoms with Crippen molar-refractivity contribution in [1.82, 2.24) is 4.90 Å². The standard InChI is InChI=1S/C25H31NO5/c1-16(2)19-14-20(17(3)4)22(27)21(15-19)25(29)31-23(18-8-6-5-7-9-18)24(28)26-10-12-30-13-11-26/h5-9,14-17,23,27H,10-13H2,1-4H3/t23-/m1/s1. The van der Waals surface area contributed by atoms with Crippen molar-refractivity contribution >= 4 is 11.9 Å². The van der Waals surface area contributed by atoms with Crippen LogP contribution in [0.4, 0.5) is 0 Å². The van der Waals surface area contributed by atoms with Crippen LogP contribution >= 0.6 is 0 Å². The molecule has 31 heavy (non-hydrogen) atoms. The summed E-state index contributed by atoms with van der Waals surface area (Å²) >= 11 is 0. The summed E-state index contributed by atoms with van der Waals surface area (Å²) in [7, 11) is 0. The minimum atomic E-state index is -1.09. The van der Waals surface area contributed by atoms with Crippen LogP contribution in [0.3, 0.4) is 0 Å². The fourth-order valence-electron chi connectivity index (χ4n) is 3.62. The first kappa shape index (κ1) is 22.8. The zero-order valence-corrected chi connectivity index (χ0v) is 18.6. The van der Waals surface area contributed by atoms with Gasteiger partial charge in [0.1, 0.15) is 11.3 Å². The first-order valence-corrected chi connectivity index (χ1v) is 10.8. The van der Waals surface area contributed by atoms with Crippen LogP contribution in [0.1, 0.15) is 72.7 Å². The molecule has 6 heteroatoms. The number of phenolic OH excluding ortho intramolecular Hbond substituents is 1. The van der Waals surface area contributed by atoms with E-state index in [9.17, 15) is 14.7 Å². The van der Waals surface area contributed by atoms with Crippen molar-refractivity contribution < 1.29 is 24.2 Å². The van der Waals surface area contributed by atoms with Gasteiger partial charge in [-0.1, -0.05) is 64.1 Å². The van der Waals surface area contributed by atoms with Gasteiger partial charge in [-0.15, -0.1) is 0 Å². The van der Waals surface area contributed by atoms with Gasteiger partial charge in [-0.05, 0) is 29.0 Å². The van der Waals surface area contributed by atoms with Crippen LogP contribution in [0, 0.1) is 0 Å². The molecule has 2 aromatic carbocycles. The molecule has 1 heterocycles. The second kappa shape index (κ2) is 9.96. The van der Waals surface area contributed by atoms with E-state index in [1.165, 1.54) is 0 Å². The summed E-state index contributed by atoms with van der Waals surface area (Å²) < 4.78 is 11.1. The van der Waals surface area contributed by atoms with Crippen molar-refractivity contribution in [2.45, 2.75) is 45.6 Å². The molecule has 3 rings (SSSR count). The Morgan fingerprint density at radius 1 is 0.968 bits per heavy atom. The topological polar surface area (TPSA) is 76.1 Å². The van der Waals surface area contributed by atoms with Gasteiger partial charge in [0, 0.05) is 18.7 Å². The Hall–Kier alpha value is -2.86. The third kappa shape index (κ3) is 5.25. The van der Waals surface area contributed by atoms with Gasteiger partial charge >= 0.3 is 5.97 Å². The van der Waals surface area contributed by atoms with Crippen LogP contribution < -0.4 is 0 Å². The van der Waals surface area contributed by atoms with Crippen molar-refractivity contribution in [2.75, 3.05) is 26.3 Å². The van der Waals surface area contributed by atoms with E-state index in [1.807, 2.05) is 39.8 Å². The van der Waals surface area contributed by atoms with E-state index < -0.39 is 12.1 Å². The molecular formula is C25H31NO5. The number of carbonyl (C=O) groups is 2. The largest absolute Gasteiger partial charge is 0.507 e. The van der Waals surface area contributed by atoms with E-state index in [1.54, 1.807) is 35.2 Å². The fraction of sp³-hybridized carbons (Fsp3) is 0.440. The average Bonchev–Trinajstić information content (AvgIpc) is 2.77. The van der Waals surface area contributed by atoms with Crippen molar-refractivity contribution in [3.05, 3.63) is 64.7 Å². The highest BCUT2D eigenvalue weighted by Gasteiger charge is 2.32. The molecule has 1 saturated heterocycles. The second-order valence-electron chi connectivity index (χ2n) is 8.45. The Morgan fingerprint density at radius 2 is 1.61 bits per heavy atom. The molecule has 166 valence electrons. The number of esters is 1. The van der Waals surface area contributed by atoms with Crippen LogP contribution in [0.15, 0.2) is 42.5 Å². The number of hydrogen-bond acceptors (Lipinski definition) is 5. The molecular weight excluding hydrogens is 394 g/mol. The minimum absolute atomic E-state index is 0.0325. The molecule has 0 aromatic heterocycles. The molecule has 0 aliphatic carbocycles. The molecule has 6 nitrogen and oxygen atoms in total. The number of ether oxygens (including phenoxy) is 2. The van der Waals surface area contributed by atoms with E-state index in [0.29, 0.717) is 37.4 Å². The van der Waals surface area contributed by atoms with E-state index >= 15 is 0 Å². The Bertz CT molecular complexity index is 917. The molecule has 0 bridgehead atoms. The van der Waals surface area contributed by atoms with Crippen molar-refractivity contribution in [2.24, 2.45) is 0 Å². The zero-order valence-electron chi connectivity index (χ0n) is 18.6. The first-order valence-electron chi connectivity index (χ1n) is 10.8. The van der Waals surface area contributed by atoms with E-state index in [0.717, 1.165) is 5.56 Å². The highest BCUT2D eigenvalue weighted by atomic mass is 16.5. The van der Waals surface area contributed by atoms with E-state index in [4.69, 9.17) is 9.47 Å². The molecule has 1 N–H and O–H groups in total. The lowest BCUT2D eigenvalue weighted by Crippen LogP contribution is -2.44. The second-order valence-corrected chi connectivity index (χ2v) is 8.45. The van der Waals surface area contributed by atoms with Crippen LogP contribution in [0.2, 0.25) is 0 Å². The lowest BCUT2D eigenvalue weighted by molar-refractivity contribution is -0.145. The Kier molecular flexibility index (Phi) is 7.33. The number of phenols is 1. The predicted octanol–water partition coefficient (Wildman–Crippen LogP) is 4.40. The molecule has 0 spiro atoms. The summed E-state index contributed by atoms with van der Waals surface area (Å²) in [5.41, 5.74) is 2.31. The van der Waals surface area contributed by atoms with Gasteiger partial charge < -0.3 is 19.5 Å². The van der Waals surface area contributed by atoms with Crippen LogP contribution in [-0.4, -0.2) is 48.2 Å². The van der Waals surface area contributed by atoms with Gasteiger partial charge in [0.2, 0.25) is 6.10 Å². The van der Waals surface area contributed by atoms with E-state index in [-0.39, 0.29) is 29.1 Å². The monoisotopic (exact) mass is 425 g/mol. The predicted molar refractivity (Wildman–Crippen MR) is 118 cm³/mol. The maximum atomic E-state index is 13.2. The van der Waals surface area contributed by atoms with Gasteiger partial charge in [0.25, 0.3) is 5.91 Å². The van der Waals surface area contributed by atoms with Gasteiger partial charge in [0.15, 0.2) is 0 Å². The number of benzene rings is 2. The van der Waals surface area contributed by atoms with Crippen molar-refractivity contribution in [1.29, 1.82) is 0 Å². The number of carbonyl (C=O) groups excluding carboxylic acids is 2. The zero-order chi connectivity index (χ0) is 22.5. The smallest absolute Gasteiger partial charge is 0.343 e. The molecule has 1 aliphatic rings. The summed E-state index contributed by atoms with van der Waals surface area (Å²) in [6.45, 7) is 9.79. The van der Waals surface area contributed by atoms with Gasteiger partial charge in [0.05, 0.1) is 13.2 Å². The van der Waals surface area contributed by atoms with Crippen LogP contribution in [0.25, 0.3) is 0 Å². The number of morpholine rings is 1. The van der Waals surface area contributed by atoms with Gasteiger partial charge in [-0.2, -0.15) is 0 Å². The average molecular weight is 426 g/mol. The molecule has 0 saturated carbocycles. The summed E-state index contributed by atoms with van der Waals surface area (Å²) in [6, 6.07) is 12.6. The van der Waals surface area contributed by atoms with Crippen LogP contribution in [-0.2, 0) is 14.3 Å².